The number of nitrogens with one attached hydrogen (secondary N) is 1. The molecule has 1 saturated heterocycles. The van der Waals surface area contributed by atoms with E-state index in [9.17, 15) is 19.2 Å². The second kappa shape index (κ2) is 5.03. The van der Waals surface area contributed by atoms with Gasteiger partial charge in [-0.25, -0.2) is 4.79 Å². The smallest absolute Gasteiger partial charge is 0.362 e. The van der Waals surface area contributed by atoms with Crippen LogP contribution >= 0.6 is 0 Å². The minimum atomic E-state index is -2.50. The predicted octanol–water partition coefficient (Wildman–Crippen LogP) is -1.18. The molecule has 1 aliphatic heterocycles. The molecule has 1 amide bonds. The van der Waals surface area contributed by atoms with Crippen LogP contribution in [0.4, 0.5) is 0 Å². The number of rotatable bonds is 4. The number of amides is 1. The van der Waals surface area contributed by atoms with Gasteiger partial charge in [-0.2, -0.15) is 0 Å². The number of carbonyl (C=O) groups excluding carboxylic acids is 3. The van der Waals surface area contributed by atoms with Gasteiger partial charge >= 0.3 is 23.5 Å². The van der Waals surface area contributed by atoms with Crippen molar-refractivity contribution >= 4 is 23.8 Å². The van der Waals surface area contributed by atoms with E-state index < -0.39 is 41.9 Å². The van der Waals surface area contributed by atoms with Gasteiger partial charge in [0.2, 0.25) is 0 Å². The molecule has 0 bridgehead atoms. The normalized spacial score (nSPS) is 26.3. The fraction of sp³-hybridized carbons (Fsp3) is 0.600. The highest BCUT2D eigenvalue weighted by Crippen LogP contribution is 2.31. The maximum Gasteiger partial charge on any atom is 0.362 e. The zero-order valence-corrected chi connectivity index (χ0v) is 9.89. The van der Waals surface area contributed by atoms with Gasteiger partial charge in [-0.05, 0) is 6.92 Å². The van der Waals surface area contributed by atoms with Crippen LogP contribution in [0.2, 0.25) is 0 Å². The lowest BCUT2D eigenvalue weighted by Crippen LogP contribution is -2.59. The zero-order chi connectivity index (χ0) is 13.9. The Morgan fingerprint density at radius 1 is 1.56 bits per heavy atom. The van der Waals surface area contributed by atoms with E-state index in [2.05, 4.69) is 10.1 Å². The standard InChI is InChI=1S/C10H13NO7/c1-3-11-8(14)10(9(15)16)6(17-5(2)12)4-7(13)18-10/h6H,3-4H2,1-2H3,(H,11,14)(H,15,16). The minimum absolute atomic E-state index is 0.151. The number of carboxylic acid groups (broad SMARTS) is 1. The van der Waals surface area contributed by atoms with Gasteiger partial charge in [0.15, 0.2) is 6.10 Å². The number of aliphatic carboxylic acids is 1. The van der Waals surface area contributed by atoms with Crippen LogP contribution in [0, 0.1) is 0 Å². The summed E-state index contributed by atoms with van der Waals surface area (Å²) in [7, 11) is 0. The third-order valence-corrected chi connectivity index (χ3v) is 2.38. The van der Waals surface area contributed by atoms with Crippen molar-refractivity contribution < 1.29 is 33.8 Å². The van der Waals surface area contributed by atoms with E-state index in [0.29, 0.717) is 0 Å². The summed E-state index contributed by atoms with van der Waals surface area (Å²) in [5.41, 5.74) is -2.50. The summed E-state index contributed by atoms with van der Waals surface area (Å²) < 4.78 is 9.31. The number of carboxylic acids is 1. The third kappa shape index (κ3) is 2.27. The summed E-state index contributed by atoms with van der Waals surface area (Å²) in [5, 5.41) is 11.4. The molecule has 1 heterocycles. The summed E-state index contributed by atoms with van der Waals surface area (Å²) in [6.07, 6.45) is -1.94. The minimum Gasteiger partial charge on any atom is -0.478 e. The molecule has 1 aliphatic rings. The fourth-order valence-corrected chi connectivity index (χ4v) is 1.67. The van der Waals surface area contributed by atoms with Crippen molar-refractivity contribution in [1.29, 1.82) is 0 Å². The average Bonchev–Trinajstić information content (AvgIpc) is 2.55. The van der Waals surface area contributed by atoms with E-state index in [-0.39, 0.29) is 6.54 Å². The quantitative estimate of drug-likeness (QED) is 0.482. The first-order valence-corrected chi connectivity index (χ1v) is 5.25. The Labute approximate surface area is 102 Å². The lowest BCUT2D eigenvalue weighted by molar-refractivity contribution is -0.185. The van der Waals surface area contributed by atoms with Crippen molar-refractivity contribution in [1.82, 2.24) is 5.32 Å². The molecule has 0 aromatic heterocycles. The van der Waals surface area contributed by atoms with Gasteiger partial charge in [-0.15, -0.1) is 0 Å². The molecule has 0 aromatic carbocycles. The van der Waals surface area contributed by atoms with Crippen molar-refractivity contribution in [2.45, 2.75) is 32.0 Å². The van der Waals surface area contributed by atoms with Crippen molar-refractivity contribution in [2.24, 2.45) is 0 Å². The molecule has 100 valence electrons. The first-order chi connectivity index (χ1) is 8.34. The Balaban J connectivity index is 3.13. The first-order valence-electron chi connectivity index (χ1n) is 5.25. The van der Waals surface area contributed by atoms with Gasteiger partial charge in [-0.1, -0.05) is 0 Å². The number of likely N-dealkylation sites (N-methyl/N-ethyl adjacent to an activating group) is 1. The van der Waals surface area contributed by atoms with Gasteiger partial charge in [0, 0.05) is 13.5 Å². The molecule has 8 nitrogen and oxygen atoms in total. The number of cyclic esters (lactones) is 1. The first kappa shape index (κ1) is 13.9. The van der Waals surface area contributed by atoms with Crippen LogP contribution in [0.25, 0.3) is 0 Å². The average molecular weight is 259 g/mol. The summed E-state index contributed by atoms with van der Waals surface area (Å²) in [4.78, 5) is 45.1. The number of hydrogen-bond acceptors (Lipinski definition) is 6. The summed E-state index contributed by atoms with van der Waals surface area (Å²) in [5.74, 6) is -4.40. The molecule has 0 radical (unpaired) electrons. The molecular formula is C10H13NO7. The van der Waals surface area contributed by atoms with Crippen LogP contribution in [0.3, 0.4) is 0 Å². The van der Waals surface area contributed by atoms with Crippen LogP contribution in [0.15, 0.2) is 0 Å². The highest BCUT2D eigenvalue weighted by atomic mass is 16.6. The van der Waals surface area contributed by atoms with Crippen LogP contribution in [0.5, 0.6) is 0 Å². The van der Waals surface area contributed by atoms with Gasteiger partial charge < -0.3 is 19.9 Å². The third-order valence-electron chi connectivity index (χ3n) is 2.38. The summed E-state index contributed by atoms with van der Waals surface area (Å²) in [6, 6.07) is 0. The Kier molecular flexibility index (Phi) is 3.89. The molecule has 1 fully saturated rings. The van der Waals surface area contributed by atoms with E-state index in [0.717, 1.165) is 6.92 Å². The highest BCUT2D eigenvalue weighted by Gasteiger charge is 2.63. The number of hydrogen-bond donors (Lipinski definition) is 2. The topological polar surface area (TPSA) is 119 Å². The lowest BCUT2D eigenvalue weighted by atomic mass is 9.95. The molecule has 0 aromatic rings. The predicted molar refractivity (Wildman–Crippen MR) is 55.3 cm³/mol. The molecule has 2 atom stereocenters. The molecule has 18 heavy (non-hydrogen) atoms. The SMILES string of the molecule is CCNC(=O)C1(C(=O)O)OC(=O)CC1OC(C)=O. The van der Waals surface area contributed by atoms with Crippen molar-refractivity contribution in [2.75, 3.05) is 6.54 Å². The van der Waals surface area contributed by atoms with E-state index in [1.165, 1.54) is 0 Å². The molecule has 0 spiro atoms. The molecule has 2 N–H and O–H groups in total. The van der Waals surface area contributed by atoms with Crippen molar-refractivity contribution in [3.63, 3.8) is 0 Å². The van der Waals surface area contributed by atoms with Gasteiger partial charge in [0.1, 0.15) is 0 Å². The largest absolute Gasteiger partial charge is 0.478 e. The monoisotopic (exact) mass is 259 g/mol. The molecular weight excluding hydrogens is 246 g/mol. The van der Waals surface area contributed by atoms with E-state index in [4.69, 9.17) is 9.84 Å². The molecule has 2 unspecified atom stereocenters. The van der Waals surface area contributed by atoms with Gasteiger partial charge in [0.05, 0.1) is 6.42 Å². The maximum absolute atomic E-state index is 11.8. The second-order valence-electron chi connectivity index (χ2n) is 3.68. The van der Waals surface area contributed by atoms with E-state index in [1.54, 1.807) is 6.92 Å². The van der Waals surface area contributed by atoms with Crippen LogP contribution in [-0.2, 0) is 28.7 Å². The van der Waals surface area contributed by atoms with Crippen molar-refractivity contribution in [3.8, 4) is 0 Å². The molecule has 1 rings (SSSR count). The van der Waals surface area contributed by atoms with Crippen LogP contribution < -0.4 is 5.32 Å². The van der Waals surface area contributed by atoms with Gasteiger partial charge in [-0.3, -0.25) is 14.4 Å². The highest BCUT2D eigenvalue weighted by molar-refractivity contribution is 6.09. The van der Waals surface area contributed by atoms with Crippen LogP contribution in [0.1, 0.15) is 20.3 Å². The summed E-state index contributed by atoms with van der Waals surface area (Å²) >= 11 is 0. The van der Waals surface area contributed by atoms with Crippen molar-refractivity contribution in [3.05, 3.63) is 0 Å². The summed E-state index contributed by atoms with van der Waals surface area (Å²) in [6.45, 7) is 2.77. The second-order valence-corrected chi connectivity index (χ2v) is 3.68. The lowest BCUT2D eigenvalue weighted by Gasteiger charge is -2.26. The Morgan fingerprint density at radius 3 is 2.61 bits per heavy atom. The number of ether oxygens (including phenoxy) is 2. The molecule has 0 aliphatic carbocycles. The van der Waals surface area contributed by atoms with Gasteiger partial charge in [0.25, 0.3) is 5.91 Å². The Bertz CT molecular complexity index is 405. The zero-order valence-electron chi connectivity index (χ0n) is 9.89. The number of esters is 2. The molecule has 0 saturated carbocycles. The number of carbonyl (C=O) groups is 4. The molecule has 8 heteroatoms. The Morgan fingerprint density at radius 2 is 2.17 bits per heavy atom. The maximum atomic E-state index is 11.8. The fourth-order valence-electron chi connectivity index (χ4n) is 1.67. The van der Waals surface area contributed by atoms with E-state index >= 15 is 0 Å². The van der Waals surface area contributed by atoms with Crippen LogP contribution in [-0.4, -0.2) is 47.2 Å². The Hall–Kier alpha value is -2.12. The van der Waals surface area contributed by atoms with E-state index in [1.807, 2.05) is 0 Å².